The highest BCUT2D eigenvalue weighted by molar-refractivity contribution is 5.99. The molecule has 2 atom stereocenters. The Balaban J connectivity index is 2.68. The van der Waals surface area contributed by atoms with Gasteiger partial charge in [-0.1, -0.05) is 44.9 Å². The Morgan fingerprint density at radius 2 is 1.60 bits per heavy atom. The van der Waals surface area contributed by atoms with Crippen LogP contribution < -0.4 is 15.4 Å². The summed E-state index contributed by atoms with van der Waals surface area (Å²) in [7, 11) is 1.56. The second-order valence-electron chi connectivity index (χ2n) is 11.6. The number of carbonyl (C=O) groups is 3. The summed E-state index contributed by atoms with van der Waals surface area (Å²) in [5.41, 5.74) is -0.0237. The number of ether oxygens (including phenoxy) is 2. The Morgan fingerprint density at radius 3 is 2.10 bits per heavy atom. The molecule has 8 heteroatoms. The van der Waals surface area contributed by atoms with Gasteiger partial charge in [-0.05, 0) is 82.9 Å². The second-order valence-corrected chi connectivity index (χ2v) is 11.6. The number of methoxy groups -OCH3 is 1. The smallest absolute Gasteiger partial charge is 0.408 e. The number of carbonyl (C=O) groups excluding carboxylic acids is 3. The minimum atomic E-state index is -1.10. The van der Waals surface area contributed by atoms with Gasteiger partial charge in [0.1, 0.15) is 23.4 Å². The summed E-state index contributed by atoms with van der Waals surface area (Å²) in [6, 6.07) is 11.9. The van der Waals surface area contributed by atoms with Gasteiger partial charge in [-0.2, -0.15) is 0 Å². The molecule has 0 aliphatic rings. The summed E-state index contributed by atoms with van der Waals surface area (Å²) in [6.07, 6.45) is 5.67. The van der Waals surface area contributed by atoms with Gasteiger partial charge in [-0.3, -0.25) is 9.59 Å². The Bertz CT molecular complexity index is 1220. The van der Waals surface area contributed by atoms with Crippen molar-refractivity contribution in [3.8, 4) is 18.1 Å². The van der Waals surface area contributed by atoms with Crippen molar-refractivity contribution >= 4 is 23.6 Å². The van der Waals surface area contributed by atoms with Crippen molar-refractivity contribution in [3.63, 3.8) is 0 Å². The van der Waals surface area contributed by atoms with Gasteiger partial charge in [0, 0.05) is 16.8 Å². The Kier molecular flexibility index (Phi) is 10.8. The lowest BCUT2D eigenvalue weighted by Crippen LogP contribution is -2.60. The summed E-state index contributed by atoms with van der Waals surface area (Å²) in [5.74, 6) is 2.14. The zero-order valence-corrected chi connectivity index (χ0v) is 25.1. The first-order valence-corrected chi connectivity index (χ1v) is 13.5. The Morgan fingerprint density at radius 1 is 1.00 bits per heavy atom. The maximum absolute atomic E-state index is 14.5. The lowest BCUT2D eigenvalue weighted by Gasteiger charge is -2.45. The monoisotopic (exact) mass is 549 g/mol. The summed E-state index contributed by atoms with van der Waals surface area (Å²) in [4.78, 5) is 42.9. The number of anilines is 1. The highest BCUT2D eigenvalue weighted by Gasteiger charge is 2.44. The van der Waals surface area contributed by atoms with E-state index >= 15 is 0 Å². The lowest BCUT2D eigenvalue weighted by molar-refractivity contribution is -0.148. The van der Waals surface area contributed by atoms with Crippen LogP contribution >= 0.6 is 0 Å². The lowest BCUT2D eigenvalue weighted by atomic mass is 9.89. The molecule has 0 radical (unpaired) electrons. The molecule has 2 unspecified atom stereocenters. The van der Waals surface area contributed by atoms with E-state index in [-0.39, 0.29) is 5.92 Å². The zero-order chi connectivity index (χ0) is 30.3. The number of nitrogens with one attached hydrogen (secondary N) is 2. The normalized spacial score (nSPS) is 13.0. The molecule has 0 saturated heterocycles. The van der Waals surface area contributed by atoms with Crippen molar-refractivity contribution in [3.05, 3.63) is 59.7 Å². The molecule has 8 nitrogen and oxygen atoms in total. The number of amides is 3. The molecule has 0 bridgehead atoms. The molecule has 40 heavy (non-hydrogen) atoms. The topological polar surface area (TPSA) is 97.0 Å². The first-order valence-electron chi connectivity index (χ1n) is 13.5. The summed E-state index contributed by atoms with van der Waals surface area (Å²) in [5, 5.41) is 5.69. The molecule has 2 aromatic carbocycles. The Hall–Kier alpha value is -3.99. The minimum absolute atomic E-state index is 0.302. The number of hydrogen-bond acceptors (Lipinski definition) is 5. The average molecular weight is 550 g/mol. The molecule has 216 valence electrons. The minimum Gasteiger partial charge on any atom is -0.497 e. The molecule has 0 aromatic heterocycles. The van der Waals surface area contributed by atoms with Gasteiger partial charge in [0.15, 0.2) is 0 Å². The van der Waals surface area contributed by atoms with E-state index in [2.05, 4.69) is 16.6 Å². The number of alkyl carbamates (subject to hydrolysis) is 1. The van der Waals surface area contributed by atoms with Gasteiger partial charge in [-0.25, -0.2) is 4.79 Å². The molecule has 0 fully saturated rings. The molecule has 2 rings (SSSR count). The molecular weight excluding hydrogens is 506 g/mol. The van der Waals surface area contributed by atoms with Gasteiger partial charge >= 0.3 is 6.09 Å². The number of nitrogens with zero attached hydrogens (tertiary/aromatic N) is 1. The van der Waals surface area contributed by atoms with Crippen molar-refractivity contribution in [1.29, 1.82) is 0 Å². The van der Waals surface area contributed by atoms with E-state index in [1.807, 2.05) is 34.6 Å². The van der Waals surface area contributed by atoms with Crippen molar-refractivity contribution in [2.45, 2.75) is 85.0 Å². The van der Waals surface area contributed by atoms with Crippen molar-refractivity contribution in [2.75, 3.05) is 12.4 Å². The summed E-state index contributed by atoms with van der Waals surface area (Å²) in [6.45, 7) is 14.6. The van der Waals surface area contributed by atoms with E-state index < -0.39 is 41.1 Å². The summed E-state index contributed by atoms with van der Waals surface area (Å²) >= 11 is 0. The number of terminal acetylenes is 1. The van der Waals surface area contributed by atoms with Crippen molar-refractivity contribution in [2.24, 2.45) is 5.92 Å². The van der Waals surface area contributed by atoms with E-state index in [9.17, 15) is 14.4 Å². The molecule has 2 aromatic rings. The van der Waals surface area contributed by atoms with Gasteiger partial charge in [-0.15, -0.1) is 6.42 Å². The van der Waals surface area contributed by atoms with E-state index in [1.54, 1.807) is 81.3 Å². The quantitative estimate of drug-likeness (QED) is 0.359. The van der Waals surface area contributed by atoms with Crippen LogP contribution in [0, 0.1) is 18.3 Å². The predicted molar refractivity (Wildman–Crippen MR) is 158 cm³/mol. The fraction of sp³-hybridized carbons (Fsp3) is 0.469. The van der Waals surface area contributed by atoms with Crippen LogP contribution in [0.3, 0.4) is 0 Å². The molecule has 0 heterocycles. The SMILES string of the molecule is C#Cc1ccccc1C(C(=O)Nc1ccc(OC)cc1)N(C(=O)C(NC(=O)OC(C)(C)C)C(C)C)C(C)(C)CC. The first-order chi connectivity index (χ1) is 18.6. The molecule has 0 aliphatic carbocycles. The summed E-state index contributed by atoms with van der Waals surface area (Å²) < 4.78 is 10.7. The van der Waals surface area contributed by atoms with Crippen molar-refractivity contribution < 1.29 is 23.9 Å². The van der Waals surface area contributed by atoms with E-state index in [1.165, 1.54) is 0 Å². The number of rotatable bonds is 10. The highest BCUT2D eigenvalue weighted by atomic mass is 16.6. The van der Waals surface area contributed by atoms with Crippen LogP contribution in [0.4, 0.5) is 10.5 Å². The van der Waals surface area contributed by atoms with Gasteiger partial charge in [0.2, 0.25) is 5.91 Å². The molecule has 3 amide bonds. The first kappa shape index (κ1) is 32.2. The molecule has 2 N–H and O–H groups in total. The van der Waals surface area contributed by atoms with Gasteiger partial charge < -0.3 is 25.0 Å². The zero-order valence-electron chi connectivity index (χ0n) is 25.1. The number of benzene rings is 2. The third-order valence-corrected chi connectivity index (χ3v) is 6.63. The van der Waals surface area contributed by atoms with Crippen LogP contribution in [-0.4, -0.2) is 47.1 Å². The standard InChI is InChI=1S/C32H43N3O5/c1-11-22-15-13-14-16-25(22)27(28(36)33-23-17-19-24(39-10)20-18-23)35(32(8,9)12-2)29(37)26(21(3)4)34-30(38)40-31(5,6)7/h1,13-21,26-27H,12H2,2-10H3,(H,33,36)(H,34,38). The van der Waals surface area contributed by atoms with Crippen LogP contribution in [0.2, 0.25) is 0 Å². The molecule has 0 spiro atoms. The molecule has 0 aliphatic heterocycles. The van der Waals surface area contributed by atoms with E-state index in [4.69, 9.17) is 15.9 Å². The maximum atomic E-state index is 14.5. The highest BCUT2D eigenvalue weighted by Crippen LogP contribution is 2.35. The fourth-order valence-electron chi connectivity index (χ4n) is 4.19. The maximum Gasteiger partial charge on any atom is 0.408 e. The number of hydrogen-bond donors (Lipinski definition) is 2. The largest absolute Gasteiger partial charge is 0.497 e. The van der Waals surface area contributed by atoms with Gasteiger partial charge in [0.25, 0.3) is 5.91 Å². The van der Waals surface area contributed by atoms with Crippen LogP contribution in [0.25, 0.3) is 0 Å². The third kappa shape index (κ3) is 8.25. The van der Waals surface area contributed by atoms with Crippen molar-refractivity contribution in [1.82, 2.24) is 10.2 Å². The van der Waals surface area contributed by atoms with E-state index in [0.717, 1.165) is 0 Å². The van der Waals surface area contributed by atoms with Gasteiger partial charge in [0.05, 0.1) is 7.11 Å². The molecule has 0 saturated carbocycles. The average Bonchev–Trinajstić information content (AvgIpc) is 2.89. The predicted octanol–water partition coefficient (Wildman–Crippen LogP) is 5.92. The second kappa shape index (κ2) is 13.4. The third-order valence-electron chi connectivity index (χ3n) is 6.63. The molecular formula is C32H43N3O5. The van der Waals surface area contributed by atoms with Crippen LogP contribution in [0.15, 0.2) is 48.5 Å². The van der Waals surface area contributed by atoms with Crippen LogP contribution in [-0.2, 0) is 14.3 Å². The van der Waals surface area contributed by atoms with Crippen LogP contribution in [0.5, 0.6) is 5.75 Å². The van der Waals surface area contributed by atoms with Crippen LogP contribution in [0.1, 0.15) is 79.0 Å². The Labute approximate surface area is 238 Å². The van der Waals surface area contributed by atoms with E-state index in [0.29, 0.717) is 29.0 Å². The fourth-order valence-corrected chi connectivity index (χ4v) is 4.19.